The fourth-order valence-corrected chi connectivity index (χ4v) is 2.93. The van der Waals surface area contributed by atoms with Crippen molar-refractivity contribution in [3.8, 4) is 0 Å². The van der Waals surface area contributed by atoms with Crippen LogP contribution in [0.5, 0.6) is 0 Å². The zero-order valence-corrected chi connectivity index (χ0v) is 11.7. The van der Waals surface area contributed by atoms with Gasteiger partial charge in [0.15, 0.2) is 0 Å². The molecule has 0 bridgehead atoms. The minimum atomic E-state index is -1.09. The molecule has 0 radical (unpaired) electrons. The van der Waals surface area contributed by atoms with Gasteiger partial charge < -0.3 is 15.7 Å². The molecule has 3 N–H and O–H groups in total. The molecule has 1 fully saturated rings. The van der Waals surface area contributed by atoms with E-state index >= 15 is 0 Å². The van der Waals surface area contributed by atoms with Crippen molar-refractivity contribution >= 4 is 35.2 Å². The van der Waals surface area contributed by atoms with E-state index in [2.05, 4.69) is 10.6 Å². The lowest BCUT2D eigenvalue weighted by molar-refractivity contribution is -0.141. The van der Waals surface area contributed by atoms with Crippen LogP contribution in [0.25, 0.3) is 0 Å². The van der Waals surface area contributed by atoms with E-state index in [-0.39, 0.29) is 18.1 Å². The number of amides is 2. The molecule has 0 aliphatic carbocycles. The Hall–Kier alpha value is -2.09. The number of halogens is 1. The van der Waals surface area contributed by atoms with E-state index in [0.29, 0.717) is 5.69 Å². The average Bonchev–Trinajstić information content (AvgIpc) is 2.43. The number of carboxylic acid groups (broad SMARTS) is 1. The minimum absolute atomic E-state index is 0.0692. The smallest absolute Gasteiger partial charge is 0.327 e. The summed E-state index contributed by atoms with van der Waals surface area (Å²) in [7, 11) is 0. The van der Waals surface area contributed by atoms with Gasteiger partial charge in [0, 0.05) is 17.9 Å². The highest BCUT2D eigenvalue weighted by atomic mass is 32.2. The first-order valence-electron chi connectivity index (χ1n) is 6.16. The topological polar surface area (TPSA) is 95.5 Å². The van der Waals surface area contributed by atoms with Crippen LogP contribution in [-0.4, -0.2) is 39.9 Å². The van der Waals surface area contributed by atoms with E-state index in [0.717, 1.165) is 11.8 Å². The molecule has 2 atom stereocenters. The van der Waals surface area contributed by atoms with Crippen molar-refractivity contribution in [2.24, 2.45) is 0 Å². The van der Waals surface area contributed by atoms with E-state index in [1.54, 1.807) is 0 Å². The van der Waals surface area contributed by atoms with Crippen molar-refractivity contribution in [2.75, 3.05) is 11.1 Å². The Balaban J connectivity index is 1.87. The maximum absolute atomic E-state index is 12.7. The minimum Gasteiger partial charge on any atom is -0.480 e. The van der Waals surface area contributed by atoms with E-state index in [4.69, 9.17) is 5.11 Å². The standard InChI is InChI=1S/C13H13FN2O4S/c14-7-1-3-8(4-2-7)15-11(17)5-10-12(18)16-9(6-21-10)13(19)20/h1-4,9-10H,5-6H2,(H,15,17)(H,16,18)(H,19,20)/t9-,10-/m1/s1. The van der Waals surface area contributed by atoms with Gasteiger partial charge >= 0.3 is 5.97 Å². The van der Waals surface area contributed by atoms with Gasteiger partial charge in [-0.2, -0.15) is 0 Å². The molecule has 1 aliphatic rings. The van der Waals surface area contributed by atoms with Gasteiger partial charge in [-0.05, 0) is 24.3 Å². The summed E-state index contributed by atoms with van der Waals surface area (Å²) in [5.74, 6) is -2.13. The molecule has 112 valence electrons. The van der Waals surface area contributed by atoms with Gasteiger partial charge in [0.25, 0.3) is 0 Å². The Kier molecular flexibility index (Phi) is 4.79. The molecule has 8 heteroatoms. The molecule has 21 heavy (non-hydrogen) atoms. The van der Waals surface area contributed by atoms with Crippen molar-refractivity contribution in [3.05, 3.63) is 30.1 Å². The van der Waals surface area contributed by atoms with Gasteiger partial charge in [-0.25, -0.2) is 9.18 Å². The van der Waals surface area contributed by atoms with Gasteiger partial charge in [-0.1, -0.05) is 0 Å². The number of carboxylic acids is 1. The molecule has 0 spiro atoms. The lowest BCUT2D eigenvalue weighted by Crippen LogP contribution is -2.51. The first-order valence-corrected chi connectivity index (χ1v) is 7.21. The number of hydrogen-bond acceptors (Lipinski definition) is 4. The molecular weight excluding hydrogens is 299 g/mol. The van der Waals surface area contributed by atoms with Gasteiger partial charge in [-0.15, -0.1) is 11.8 Å². The highest BCUT2D eigenvalue weighted by Gasteiger charge is 2.33. The maximum atomic E-state index is 12.7. The quantitative estimate of drug-likeness (QED) is 0.766. The normalized spacial score (nSPS) is 21.5. The zero-order chi connectivity index (χ0) is 15.4. The number of carbonyl (C=O) groups excluding carboxylic acids is 2. The second kappa shape index (κ2) is 6.57. The number of carbonyl (C=O) groups is 3. The maximum Gasteiger partial charge on any atom is 0.327 e. The molecule has 0 aromatic heterocycles. The first-order chi connectivity index (χ1) is 9.95. The van der Waals surface area contributed by atoms with Gasteiger partial charge in [0.1, 0.15) is 11.9 Å². The Morgan fingerprint density at radius 3 is 2.62 bits per heavy atom. The van der Waals surface area contributed by atoms with Crippen LogP contribution in [0.2, 0.25) is 0 Å². The fourth-order valence-electron chi connectivity index (χ4n) is 1.79. The molecule has 1 aliphatic heterocycles. The molecule has 0 unspecified atom stereocenters. The molecule has 1 heterocycles. The van der Waals surface area contributed by atoms with Crippen LogP contribution in [0.1, 0.15) is 6.42 Å². The van der Waals surface area contributed by atoms with Crippen LogP contribution in [0.15, 0.2) is 24.3 Å². The largest absolute Gasteiger partial charge is 0.480 e. The molecule has 2 rings (SSSR count). The Morgan fingerprint density at radius 2 is 2.05 bits per heavy atom. The highest BCUT2D eigenvalue weighted by Crippen LogP contribution is 2.21. The summed E-state index contributed by atoms with van der Waals surface area (Å²) in [6.07, 6.45) is -0.0692. The van der Waals surface area contributed by atoms with Crippen LogP contribution >= 0.6 is 11.8 Å². The lowest BCUT2D eigenvalue weighted by Gasteiger charge is -2.25. The van der Waals surface area contributed by atoms with Crippen molar-refractivity contribution in [1.82, 2.24) is 5.32 Å². The summed E-state index contributed by atoms with van der Waals surface area (Å²) in [6, 6.07) is 4.35. The lowest BCUT2D eigenvalue weighted by atomic mass is 10.2. The predicted octanol–water partition coefficient (Wildman–Crippen LogP) is 0.839. The second-order valence-corrected chi connectivity index (χ2v) is 5.72. The highest BCUT2D eigenvalue weighted by molar-refractivity contribution is 8.00. The third kappa shape index (κ3) is 4.19. The summed E-state index contributed by atoms with van der Waals surface area (Å²) in [5, 5.41) is 13.1. The van der Waals surface area contributed by atoms with Crippen LogP contribution in [-0.2, 0) is 14.4 Å². The van der Waals surface area contributed by atoms with Gasteiger partial charge in [0.05, 0.1) is 5.25 Å². The Morgan fingerprint density at radius 1 is 1.38 bits per heavy atom. The van der Waals surface area contributed by atoms with E-state index in [1.165, 1.54) is 24.3 Å². The average molecular weight is 312 g/mol. The second-order valence-electron chi connectivity index (χ2n) is 4.48. The SMILES string of the molecule is O=C(C[C@H]1SC[C@H](C(=O)O)NC1=O)Nc1ccc(F)cc1. The molecule has 2 amide bonds. The number of rotatable bonds is 4. The summed E-state index contributed by atoms with van der Waals surface area (Å²) in [4.78, 5) is 34.3. The number of benzene rings is 1. The molecule has 1 aromatic rings. The summed E-state index contributed by atoms with van der Waals surface area (Å²) in [6.45, 7) is 0. The number of hydrogen-bond donors (Lipinski definition) is 3. The first kappa shape index (κ1) is 15.3. The Bertz CT molecular complexity index is 564. The Labute approximate surface area is 124 Å². The molecular formula is C13H13FN2O4S. The summed E-state index contributed by atoms with van der Waals surface area (Å²) in [5.41, 5.74) is 0.436. The third-order valence-electron chi connectivity index (χ3n) is 2.87. The molecule has 6 nitrogen and oxygen atoms in total. The number of nitrogens with one attached hydrogen (secondary N) is 2. The predicted molar refractivity (Wildman–Crippen MR) is 75.5 cm³/mol. The summed E-state index contributed by atoms with van der Waals surface area (Å²) >= 11 is 1.14. The number of thioether (sulfide) groups is 1. The third-order valence-corrected chi connectivity index (χ3v) is 4.18. The van der Waals surface area contributed by atoms with Gasteiger partial charge in [0.2, 0.25) is 11.8 Å². The van der Waals surface area contributed by atoms with E-state index in [1.807, 2.05) is 0 Å². The summed E-state index contributed by atoms with van der Waals surface area (Å²) < 4.78 is 12.7. The van der Waals surface area contributed by atoms with Crippen molar-refractivity contribution in [2.45, 2.75) is 17.7 Å². The van der Waals surface area contributed by atoms with Crippen LogP contribution in [0.4, 0.5) is 10.1 Å². The van der Waals surface area contributed by atoms with Crippen molar-refractivity contribution in [3.63, 3.8) is 0 Å². The molecule has 1 aromatic carbocycles. The molecule has 1 saturated heterocycles. The zero-order valence-electron chi connectivity index (χ0n) is 10.8. The van der Waals surface area contributed by atoms with E-state index < -0.39 is 29.0 Å². The van der Waals surface area contributed by atoms with Crippen molar-refractivity contribution < 1.29 is 23.9 Å². The number of aliphatic carboxylic acids is 1. The van der Waals surface area contributed by atoms with Gasteiger partial charge in [-0.3, -0.25) is 9.59 Å². The van der Waals surface area contributed by atoms with Crippen LogP contribution in [0.3, 0.4) is 0 Å². The van der Waals surface area contributed by atoms with Crippen molar-refractivity contribution in [1.29, 1.82) is 0 Å². The monoisotopic (exact) mass is 312 g/mol. The molecule has 0 saturated carbocycles. The fraction of sp³-hybridized carbons (Fsp3) is 0.308. The van der Waals surface area contributed by atoms with Crippen LogP contribution < -0.4 is 10.6 Å². The van der Waals surface area contributed by atoms with E-state index in [9.17, 15) is 18.8 Å². The number of anilines is 1. The van der Waals surface area contributed by atoms with Crippen LogP contribution in [0, 0.1) is 5.82 Å².